The van der Waals surface area contributed by atoms with E-state index in [1.165, 1.54) is 28.6 Å². The Balaban J connectivity index is 1.60. The molecule has 0 aliphatic carbocycles. The lowest BCUT2D eigenvalue weighted by atomic mass is 10.2. The van der Waals surface area contributed by atoms with E-state index in [-0.39, 0.29) is 21.6 Å². The summed E-state index contributed by atoms with van der Waals surface area (Å²) < 4.78 is 68.8. The smallest absolute Gasteiger partial charge is 0.324 e. The molecule has 11 heteroatoms. The van der Waals surface area contributed by atoms with Crippen LogP contribution in [0.2, 0.25) is 0 Å². The number of halogens is 3. The molecule has 4 rings (SSSR count). The summed E-state index contributed by atoms with van der Waals surface area (Å²) >= 11 is 0. The number of aryl methyl sites for hydroxylation is 1. The summed E-state index contributed by atoms with van der Waals surface area (Å²) in [7, 11) is -3.74. The topological polar surface area (TPSA) is 84.3 Å². The quantitative estimate of drug-likeness (QED) is 0.594. The van der Waals surface area contributed by atoms with Gasteiger partial charge in [0.15, 0.2) is 0 Å². The number of hydrogen-bond acceptors (Lipinski definition) is 4. The lowest BCUT2D eigenvalue weighted by molar-refractivity contribution is -0.147. The molecule has 1 aliphatic heterocycles. The Kier molecular flexibility index (Phi) is 6.19. The maximum Gasteiger partial charge on any atom is 0.449 e. The highest BCUT2D eigenvalue weighted by atomic mass is 32.2. The molecule has 2 aromatic carbocycles. The fraction of sp³-hybridized carbons (Fsp3) is 0.364. The molecule has 1 amide bonds. The van der Waals surface area contributed by atoms with Crippen LogP contribution in [0.3, 0.4) is 0 Å². The molecule has 1 aromatic heterocycles. The Morgan fingerprint density at radius 3 is 2.48 bits per heavy atom. The van der Waals surface area contributed by atoms with Gasteiger partial charge in [0.25, 0.3) is 0 Å². The molecular formula is C22H23F3N4O3S. The van der Waals surface area contributed by atoms with Crippen molar-refractivity contribution in [3.8, 4) is 0 Å². The highest BCUT2D eigenvalue weighted by Gasteiger charge is 2.38. The van der Waals surface area contributed by atoms with Gasteiger partial charge >= 0.3 is 6.18 Å². The van der Waals surface area contributed by atoms with Gasteiger partial charge in [-0.2, -0.15) is 17.5 Å². The summed E-state index contributed by atoms with van der Waals surface area (Å²) in [6, 6.07) is 10.5. The number of anilines is 1. The van der Waals surface area contributed by atoms with E-state index in [1.54, 1.807) is 25.1 Å². The zero-order valence-electron chi connectivity index (χ0n) is 17.9. The number of para-hydroxylation sites is 2. The molecule has 7 nitrogen and oxygen atoms in total. The molecular weight excluding hydrogens is 457 g/mol. The number of aromatic nitrogens is 2. The van der Waals surface area contributed by atoms with Crippen LogP contribution in [0, 0.1) is 6.92 Å². The molecule has 2 heterocycles. The minimum atomic E-state index is -4.74. The van der Waals surface area contributed by atoms with Crippen LogP contribution in [0.25, 0.3) is 11.0 Å². The van der Waals surface area contributed by atoms with E-state index in [0.29, 0.717) is 18.7 Å². The molecule has 3 aromatic rings. The third-order valence-corrected chi connectivity index (χ3v) is 7.66. The van der Waals surface area contributed by atoms with Crippen molar-refractivity contribution in [1.82, 2.24) is 13.9 Å². The molecule has 0 atom stereocenters. The standard InChI is InChI=1S/C22H23F3N4O3S/c1-15-9-10-16(13-19(15)33(31,32)28-11-5-2-6-12-28)26-20(30)14-29-18-8-4-3-7-17(18)27-21(29)22(23,24)25/h3-4,7-10,13H,2,5-6,11-12,14H2,1H3,(H,26,30). The number of benzene rings is 2. The van der Waals surface area contributed by atoms with E-state index in [0.717, 1.165) is 23.8 Å². The number of alkyl halides is 3. The number of nitrogens with one attached hydrogen (secondary N) is 1. The fourth-order valence-corrected chi connectivity index (χ4v) is 5.76. The van der Waals surface area contributed by atoms with Crippen LogP contribution >= 0.6 is 0 Å². The van der Waals surface area contributed by atoms with Crippen molar-refractivity contribution >= 4 is 32.7 Å². The van der Waals surface area contributed by atoms with Crippen LogP contribution in [0.15, 0.2) is 47.4 Å². The van der Waals surface area contributed by atoms with Gasteiger partial charge in [-0.1, -0.05) is 24.6 Å². The third-order valence-electron chi connectivity index (χ3n) is 5.61. The summed E-state index contributed by atoms with van der Waals surface area (Å²) in [6.07, 6.45) is -2.19. The molecule has 0 bridgehead atoms. The van der Waals surface area contributed by atoms with E-state index < -0.39 is 34.5 Å². The van der Waals surface area contributed by atoms with Crippen LogP contribution < -0.4 is 5.32 Å². The van der Waals surface area contributed by atoms with E-state index >= 15 is 0 Å². The van der Waals surface area contributed by atoms with Gasteiger partial charge in [0.05, 0.1) is 15.9 Å². The van der Waals surface area contributed by atoms with E-state index in [2.05, 4.69) is 10.3 Å². The maximum atomic E-state index is 13.5. The Morgan fingerprint density at radius 2 is 1.79 bits per heavy atom. The SMILES string of the molecule is Cc1ccc(NC(=O)Cn2c(C(F)(F)F)nc3ccccc32)cc1S(=O)(=O)N1CCCCC1. The number of hydrogen-bond donors (Lipinski definition) is 1. The second-order valence-electron chi connectivity index (χ2n) is 8.00. The number of sulfonamides is 1. The fourth-order valence-electron chi connectivity index (χ4n) is 4.00. The summed E-state index contributed by atoms with van der Waals surface area (Å²) in [5.41, 5.74) is 1.03. The molecule has 176 valence electrons. The number of imidazole rings is 1. The minimum Gasteiger partial charge on any atom is -0.324 e. The van der Waals surface area contributed by atoms with Gasteiger partial charge in [-0.3, -0.25) is 4.79 Å². The average molecular weight is 481 g/mol. The van der Waals surface area contributed by atoms with Gasteiger partial charge in [0.2, 0.25) is 21.8 Å². The number of carbonyl (C=O) groups is 1. The summed E-state index contributed by atoms with van der Waals surface area (Å²) in [5, 5.41) is 2.53. The molecule has 1 N–H and O–H groups in total. The molecule has 1 aliphatic rings. The van der Waals surface area contributed by atoms with Crippen LogP contribution in [-0.2, 0) is 27.5 Å². The third kappa shape index (κ3) is 4.74. The minimum absolute atomic E-state index is 0.0752. The second-order valence-corrected chi connectivity index (χ2v) is 9.91. The molecule has 0 unspecified atom stereocenters. The maximum absolute atomic E-state index is 13.5. The molecule has 0 spiro atoms. The van der Waals surface area contributed by atoms with Crippen molar-refractivity contribution in [2.45, 2.75) is 43.8 Å². The number of amides is 1. The lowest BCUT2D eigenvalue weighted by Gasteiger charge is -2.26. The first kappa shape index (κ1) is 23.2. The number of rotatable bonds is 5. The van der Waals surface area contributed by atoms with Gasteiger partial charge in [-0.05, 0) is 49.6 Å². The normalized spacial score (nSPS) is 15.6. The average Bonchev–Trinajstić information content (AvgIpc) is 3.14. The van der Waals surface area contributed by atoms with Gasteiger partial charge in [0.1, 0.15) is 6.54 Å². The van der Waals surface area contributed by atoms with Crippen molar-refractivity contribution in [1.29, 1.82) is 0 Å². The number of fused-ring (bicyclic) bond motifs is 1. The molecule has 33 heavy (non-hydrogen) atoms. The highest BCUT2D eigenvalue weighted by Crippen LogP contribution is 2.32. The largest absolute Gasteiger partial charge is 0.449 e. The molecule has 1 fully saturated rings. The first-order valence-corrected chi connectivity index (χ1v) is 11.9. The molecule has 0 radical (unpaired) electrons. The number of piperidine rings is 1. The summed E-state index contributed by atoms with van der Waals surface area (Å²) in [6.45, 7) is 1.91. The summed E-state index contributed by atoms with van der Waals surface area (Å²) in [4.78, 5) is 16.4. The van der Waals surface area contributed by atoms with Crippen LogP contribution in [0.4, 0.5) is 18.9 Å². The monoisotopic (exact) mass is 480 g/mol. The second kappa shape index (κ2) is 8.79. The van der Waals surface area contributed by atoms with E-state index in [4.69, 9.17) is 0 Å². The molecule has 0 saturated carbocycles. The highest BCUT2D eigenvalue weighted by molar-refractivity contribution is 7.89. The van der Waals surface area contributed by atoms with E-state index in [1.807, 2.05) is 0 Å². The Bertz CT molecular complexity index is 1300. The predicted octanol–water partition coefficient (Wildman–Crippen LogP) is 4.18. The van der Waals surface area contributed by atoms with Crippen molar-refractivity contribution in [3.63, 3.8) is 0 Å². The van der Waals surface area contributed by atoms with Crippen molar-refractivity contribution in [2.24, 2.45) is 0 Å². The number of nitrogens with zero attached hydrogens (tertiary/aromatic N) is 3. The Hall–Kier alpha value is -2.92. The van der Waals surface area contributed by atoms with Gasteiger partial charge in [0, 0.05) is 18.8 Å². The van der Waals surface area contributed by atoms with E-state index in [9.17, 15) is 26.4 Å². The summed E-state index contributed by atoms with van der Waals surface area (Å²) in [5.74, 6) is -1.90. The Labute approximate surface area is 189 Å². The number of carbonyl (C=O) groups excluding carboxylic acids is 1. The zero-order valence-corrected chi connectivity index (χ0v) is 18.7. The van der Waals surface area contributed by atoms with Gasteiger partial charge < -0.3 is 9.88 Å². The van der Waals surface area contributed by atoms with Crippen molar-refractivity contribution < 1.29 is 26.4 Å². The van der Waals surface area contributed by atoms with Crippen molar-refractivity contribution in [3.05, 3.63) is 53.9 Å². The predicted molar refractivity (Wildman–Crippen MR) is 117 cm³/mol. The first-order chi connectivity index (χ1) is 15.6. The Morgan fingerprint density at radius 1 is 1.09 bits per heavy atom. The van der Waals surface area contributed by atoms with Crippen LogP contribution in [0.1, 0.15) is 30.7 Å². The van der Waals surface area contributed by atoms with Gasteiger partial charge in [-0.15, -0.1) is 0 Å². The zero-order chi connectivity index (χ0) is 23.8. The van der Waals surface area contributed by atoms with Crippen LogP contribution in [0.5, 0.6) is 0 Å². The van der Waals surface area contributed by atoms with Crippen molar-refractivity contribution in [2.75, 3.05) is 18.4 Å². The first-order valence-electron chi connectivity index (χ1n) is 10.5. The van der Waals surface area contributed by atoms with Crippen LogP contribution in [-0.4, -0.2) is 41.3 Å². The molecule has 1 saturated heterocycles. The van der Waals surface area contributed by atoms with Gasteiger partial charge in [-0.25, -0.2) is 13.4 Å². The lowest BCUT2D eigenvalue weighted by Crippen LogP contribution is -2.36.